The first-order valence-corrected chi connectivity index (χ1v) is 10.2. The number of hydrogen-bond donors (Lipinski definition) is 4. The number of carbonyl (C=O) groups is 3. The van der Waals surface area contributed by atoms with Crippen LogP contribution in [-0.2, 0) is 22.7 Å². The molecule has 4 heterocycles. The largest absolute Gasteiger partial charge is 0.349 e. The number of imide groups is 1. The van der Waals surface area contributed by atoms with Gasteiger partial charge in [-0.3, -0.25) is 24.8 Å². The molecule has 0 bridgehead atoms. The molecule has 3 aliphatic rings. The molecule has 0 aliphatic carbocycles. The van der Waals surface area contributed by atoms with Crippen molar-refractivity contribution >= 4 is 23.7 Å². The Labute approximate surface area is 172 Å². The molecule has 0 spiro atoms. The summed E-state index contributed by atoms with van der Waals surface area (Å²) < 4.78 is 0. The van der Waals surface area contributed by atoms with Crippen molar-refractivity contribution in [3.63, 3.8) is 0 Å². The van der Waals surface area contributed by atoms with E-state index in [9.17, 15) is 14.4 Å². The number of hydrogen-bond acceptors (Lipinski definition) is 7. The second-order valence-corrected chi connectivity index (χ2v) is 7.94. The fourth-order valence-corrected chi connectivity index (χ4v) is 4.35. The van der Waals surface area contributed by atoms with E-state index in [0.717, 1.165) is 36.3 Å². The van der Waals surface area contributed by atoms with Crippen LogP contribution in [0.15, 0.2) is 18.2 Å². The number of benzene rings is 1. The highest BCUT2D eigenvalue weighted by molar-refractivity contribution is 6.05. The Kier molecular flexibility index (Phi) is 4.70. The van der Waals surface area contributed by atoms with Gasteiger partial charge < -0.3 is 15.5 Å². The maximum Gasteiger partial charge on any atom is 0.255 e. The molecule has 156 valence electrons. The Morgan fingerprint density at radius 1 is 1.20 bits per heavy atom. The maximum atomic E-state index is 12.8. The predicted octanol–water partition coefficient (Wildman–Crippen LogP) is 0.602. The molecule has 2 fully saturated rings. The van der Waals surface area contributed by atoms with Crippen LogP contribution in [0.25, 0.3) is 0 Å². The third kappa shape index (κ3) is 3.43. The standard InChI is InChI=1S/C20H23N7O3/c28-16-6-5-15(18(29)23-16)27-10-12-8-11(3-4-13(12)19(27)30)9-22-20-24-17(25-26-20)14-2-1-7-21-14/h3-4,8,14-15,21H,1-2,5-7,9-10H2,(H,23,28,29)(H2,22,24,25,26). The normalized spacial score (nSPS) is 23.6. The number of aromatic amines is 1. The Balaban J connectivity index is 1.24. The lowest BCUT2D eigenvalue weighted by Gasteiger charge is -2.29. The van der Waals surface area contributed by atoms with Crippen LogP contribution in [0.2, 0.25) is 0 Å². The predicted molar refractivity (Wildman–Crippen MR) is 106 cm³/mol. The van der Waals surface area contributed by atoms with E-state index in [2.05, 4.69) is 31.1 Å². The van der Waals surface area contributed by atoms with Crippen LogP contribution in [0.5, 0.6) is 0 Å². The van der Waals surface area contributed by atoms with E-state index in [0.29, 0.717) is 31.0 Å². The number of H-pyrrole nitrogens is 1. The van der Waals surface area contributed by atoms with E-state index in [1.807, 2.05) is 12.1 Å². The second-order valence-electron chi connectivity index (χ2n) is 7.94. The molecule has 2 atom stereocenters. The smallest absolute Gasteiger partial charge is 0.255 e. The highest BCUT2D eigenvalue weighted by Gasteiger charge is 2.39. The number of aromatic nitrogens is 3. The summed E-state index contributed by atoms with van der Waals surface area (Å²) in [5.74, 6) is 0.538. The summed E-state index contributed by atoms with van der Waals surface area (Å²) in [5.41, 5.74) is 2.49. The van der Waals surface area contributed by atoms with Crippen molar-refractivity contribution in [2.24, 2.45) is 0 Å². The lowest BCUT2D eigenvalue weighted by molar-refractivity contribution is -0.136. The molecule has 1 aromatic carbocycles. The van der Waals surface area contributed by atoms with Gasteiger partial charge >= 0.3 is 0 Å². The molecule has 1 aromatic heterocycles. The average molecular weight is 409 g/mol. The molecule has 2 saturated heterocycles. The third-order valence-corrected chi connectivity index (χ3v) is 5.93. The summed E-state index contributed by atoms with van der Waals surface area (Å²) in [6, 6.07) is 5.30. The monoisotopic (exact) mass is 409 g/mol. The quantitative estimate of drug-likeness (QED) is 0.532. The second kappa shape index (κ2) is 7.52. The van der Waals surface area contributed by atoms with E-state index in [1.54, 1.807) is 11.0 Å². The van der Waals surface area contributed by atoms with Crippen molar-refractivity contribution in [3.05, 3.63) is 40.7 Å². The number of anilines is 1. The van der Waals surface area contributed by atoms with Crippen LogP contribution in [0, 0.1) is 0 Å². The van der Waals surface area contributed by atoms with Gasteiger partial charge in [-0.1, -0.05) is 12.1 Å². The number of amides is 3. The van der Waals surface area contributed by atoms with Crippen molar-refractivity contribution in [2.45, 2.75) is 50.9 Å². The van der Waals surface area contributed by atoms with Crippen molar-refractivity contribution in [2.75, 3.05) is 11.9 Å². The fourth-order valence-electron chi connectivity index (χ4n) is 4.35. The number of piperidine rings is 1. The molecule has 0 saturated carbocycles. The fraction of sp³-hybridized carbons (Fsp3) is 0.450. The molecule has 10 nitrogen and oxygen atoms in total. The Bertz CT molecular complexity index is 1010. The SMILES string of the molecule is O=C1CCC(N2Cc3cc(CNc4n[nH]c(C5CCCN5)n4)ccc3C2=O)C(=O)N1. The van der Waals surface area contributed by atoms with E-state index < -0.39 is 11.9 Å². The van der Waals surface area contributed by atoms with Gasteiger partial charge in [-0.05, 0) is 43.0 Å². The number of rotatable bonds is 5. The van der Waals surface area contributed by atoms with Gasteiger partial charge in [0.15, 0.2) is 0 Å². The summed E-state index contributed by atoms with van der Waals surface area (Å²) in [6.07, 6.45) is 2.80. The number of fused-ring (bicyclic) bond motifs is 1. The van der Waals surface area contributed by atoms with E-state index in [1.165, 1.54) is 0 Å². The lowest BCUT2D eigenvalue weighted by atomic mass is 10.0. The van der Waals surface area contributed by atoms with Crippen LogP contribution in [0.3, 0.4) is 0 Å². The summed E-state index contributed by atoms with van der Waals surface area (Å²) in [7, 11) is 0. The molecular weight excluding hydrogens is 386 g/mol. The minimum atomic E-state index is -0.597. The van der Waals surface area contributed by atoms with Gasteiger partial charge in [-0.25, -0.2) is 0 Å². The highest BCUT2D eigenvalue weighted by Crippen LogP contribution is 2.28. The number of nitrogens with zero attached hydrogens (tertiary/aromatic N) is 3. The van der Waals surface area contributed by atoms with E-state index in [-0.39, 0.29) is 24.3 Å². The molecule has 3 amide bonds. The van der Waals surface area contributed by atoms with Gasteiger partial charge in [-0.15, -0.1) is 5.10 Å². The highest BCUT2D eigenvalue weighted by atomic mass is 16.2. The number of carbonyl (C=O) groups excluding carboxylic acids is 3. The molecule has 2 unspecified atom stereocenters. The minimum absolute atomic E-state index is 0.165. The molecule has 4 N–H and O–H groups in total. The lowest BCUT2D eigenvalue weighted by Crippen LogP contribution is -2.52. The Morgan fingerprint density at radius 3 is 2.90 bits per heavy atom. The van der Waals surface area contributed by atoms with Crippen LogP contribution in [0.4, 0.5) is 5.95 Å². The number of nitrogens with one attached hydrogen (secondary N) is 4. The van der Waals surface area contributed by atoms with Gasteiger partial charge in [0.1, 0.15) is 11.9 Å². The molecule has 2 aromatic rings. The minimum Gasteiger partial charge on any atom is -0.349 e. The van der Waals surface area contributed by atoms with Crippen LogP contribution < -0.4 is 16.0 Å². The van der Waals surface area contributed by atoms with Crippen molar-refractivity contribution < 1.29 is 14.4 Å². The van der Waals surface area contributed by atoms with Crippen LogP contribution >= 0.6 is 0 Å². The molecule has 0 radical (unpaired) electrons. The molecule has 3 aliphatic heterocycles. The third-order valence-electron chi connectivity index (χ3n) is 5.93. The van der Waals surface area contributed by atoms with Gasteiger partial charge in [0, 0.05) is 25.1 Å². The summed E-state index contributed by atoms with van der Waals surface area (Å²) >= 11 is 0. The summed E-state index contributed by atoms with van der Waals surface area (Å²) in [6.45, 7) is 1.89. The maximum absolute atomic E-state index is 12.8. The zero-order valence-electron chi connectivity index (χ0n) is 16.4. The van der Waals surface area contributed by atoms with E-state index in [4.69, 9.17) is 0 Å². The van der Waals surface area contributed by atoms with Crippen LogP contribution in [-0.4, -0.2) is 50.4 Å². The van der Waals surface area contributed by atoms with Crippen LogP contribution in [0.1, 0.15) is 59.0 Å². The molecule has 5 rings (SSSR count). The topological polar surface area (TPSA) is 132 Å². The van der Waals surface area contributed by atoms with Crippen molar-refractivity contribution in [1.29, 1.82) is 0 Å². The van der Waals surface area contributed by atoms with Crippen molar-refractivity contribution in [1.82, 2.24) is 30.7 Å². The Morgan fingerprint density at radius 2 is 2.10 bits per heavy atom. The van der Waals surface area contributed by atoms with Gasteiger partial charge in [0.2, 0.25) is 17.8 Å². The summed E-state index contributed by atoms with van der Waals surface area (Å²) in [4.78, 5) is 42.4. The zero-order chi connectivity index (χ0) is 20.7. The zero-order valence-corrected chi connectivity index (χ0v) is 16.4. The average Bonchev–Trinajstić information content (AvgIpc) is 3.47. The van der Waals surface area contributed by atoms with E-state index >= 15 is 0 Å². The van der Waals surface area contributed by atoms with Crippen molar-refractivity contribution in [3.8, 4) is 0 Å². The first kappa shape index (κ1) is 18.7. The summed E-state index contributed by atoms with van der Waals surface area (Å²) in [5, 5.41) is 16.1. The van der Waals surface area contributed by atoms with Gasteiger partial charge in [0.25, 0.3) is 5.91 Å². The molecule has 10 heteroatoms. The first-order chi connectivity index (χ1) is 14.6. The first-order valence-electron chi connectivity index (χ1n) is 10.2. The Hall–Kier alpha value is -3.27. The molecular formula is C20H23N7O3. The molecule has 30 heavy (non-hydrogen) atoms. The van der Waals surface area contributed by atoms with Gasteiger partial charge in [0.05, 0.1) is 6.04 Å². The van der Waals surface area contributed by atoms with Gasteiger partial charge in [-0.2, -0.15) is 4.98 Å².